The summed E-state index contributed by atoms with van der Waals surface area (Å²) >= 11 is 0. The predicted octanol–water partition coefficient (Wildman–Crippen LogP) is 10.9. The van der Waals surface area contributed by atoms with Gasteiger partial charge in [0.1, 0.15) is 0 Å². The second kappa shape index (κ2) is 9.05. The summed E-state index contributed by atoms with van der Waals surface area (Å²) < 4.78 is 2.28. The SMILES string of the molecule is N#Cc1ccc2c(c1)c1cc(-c3ccc(-c4ccc5ccc6cccc7ccc4c5c67)cc3)ccc1n2-c1ccccc1. The number of aromatic nitrogens is 1. The summed E-state index contributed by atoms with van der Waals surface area (Å²) in [6.45, 7) is 0. The molecule has 0 saturated heterocycles. The van der Waals surface area contributed by atoms with E-state index in [1.54, 1.807) is 0 Å². The molecule has 1 aromatic heterocycles. The van der Waals surface area contributed by atoms with Gasteiger partial charge in [-0.3, -0.25) is 0 Å². The number of rotatable bonds is 3. The van der Waals surface area contributed by atoms with Gasteiger partial charge in [-0.2, -0.15) is 5.26 Å². The molecule has 2 nitrogen and oxygen atoms in total. The van der Waals surface area contributed by atoms with E-state index in [-0.39, 0.29) is 0 Å². The van der Waals surface area contributed by atoms with Crippen LogP contribution in [0.25, 0.3) is 82.1 Å². The fraction of sp³-hybridized carbons (Fsp3) is 0. The molecule has 8 aromatic carbocycles. The summed E-state index contributed by atoms with van der Waals surface area (Å²) in [5.74, 6) is 0. The average Bonchev–Trinajstić information content (AvgIpc) is 3.40. The first-order chi connectivity index (χ1) is 21.3. The van der Waals surface area contributed by atoms with Crippen molar-refractivity contribution in [3.63, 3.8) is 0 Å². The molecule has 0 amide bonds. The second-order valence-corrected chi connectivity index (χ2v) is 11.3. The zero-order chi connectivity index (χ0) is 28.5. The van der Waals surface area contributed by atoms with Crippen LogP contribution in [0, 0.1) is 11.3 Å². The highest BCUT2D eigenvalue weighted by Gasteiger charge is 2.15. The van der Waals surface area contributed by atoms with Gasteiger partial charge in [-0.1, -0.05) is 103 Å². The largest absolute Gasteiger partial charge is 0.309 e. The van der Waals surface area contributed by atoms with Crippen molar-refractivity contribution in [2.75, 3.05) is 0 Å². The zero-order valence-electron chi connectivity index (χ0n) is 23.3. The Morgan fingerprint density at radius 2 is 1.07 bits per heavy atom. The molecule has 0 bridgehead atoms. The number of nitriles is 1. The topological polar surface area (TPSA) is 28.7 Å². The Balaban J connectivity index is 1.18. The molecule has 0 aliphatic carbocycles. The Hall–Kier alpha value is -5.91. The highest BCUT2D eigenvalue weighted by Crippen LogP contribution is 2.40. The van der Waals surface area contributed by atoms with Gasteiger partial charge >= 0.3 is 0 Å². The number of nitrogens with zero attached hydrogens (tertiary/aromatic N) is 2. The van der Waals surface area contributed by atoms with Crippen molar-refractivity contribution >= 4 is 54.1 Å². The number of benzene rings is 8. The van der Waals surface area contributed by atoms with Gasteiger partial charge in [-0.25, -0.2) is 0 Å². The monoisotopic (exact) mass is 544 g/mol. The lowest BCUT2D eigenvalue weighted by Gasteiger charge is -2.14. The van der Waals surface area contributed by atoms with Crippen LogP contribution in [-0.4, -0.2) is 4.57 Å². The number of para-hydroxylation sites is 1. The summed E-state index contributed by atoms with van der Waals surface area (Å²) in [6, 6.07) is 54.4. The molecule has 0 unspecified atom stereocenters. The molecule has 0 radical (unpaired) electrons. The molecule has 0 fully saturated rings. The van der Waals surface area contributed by atoms with Crippen molar-refractivity contribution in [2.24, 2.45) is 0 Å². The van der Waals surface area contributed by atoms with E-state index in [4.69, 9.17) is 0 Å². The third-order valence-corrected chi connectivity index (χ3v) is 8.97. The van der Waals surface area contributed by atoms with E-state index < -0.39 is 0 Å². The number of fused-ring (bicyclic) bond motifs is 3. The number of hydrogen-bond acceptors (Lipinski definition) is 1. The zero-order valence-corrected chi connectivity index (χ0v) is 23.3. The molecule has 9 aromatic rings. The maximum Gasteiger partial charge on any atom is 0.0991 e. The summed E-state index contributed by atoms with van der Waals surface area (Å²) in [5, 5.41) is 19.7. The molecule has 0 aliphatic heterocycles. The van der Waals surface area contributed by atoms with Gasteiger partial charge in [0.05, 0.1) is 22.7 Å². The molecule has 43 heavy (non-hydrogen) atoms. The van der Waals surface area contributed by atoms with Crippen LogP contribution in [0.3, 0.4) is 0 Å². The van der Waals surface area contributed by atoms with Crippen LogP contribution in [0.1, 0.15) is 5.56 Å². The first-order valence-electron chi connectivity index (χ1n) is 14.6. The van der Waals surface area contributed by atoms with E-state index in [9.17, 15) is 5.26 Å². The lowest BCUT2D eigenvalue weighted by Crippen LogP contribution is -1.93. The van der Waals surface area contributed by atoms with Gasteiger partial charge in [0.2, 0.25) is 0 Å². The van der Waals surface area contributed by atoms with E-state index >= 15 is 0 Å². The minimum absolute atomic E-state index is 0.669. The number of hydrogen-bond donors (Lipinski definition) is 0. The van der Waals surface area contributed by atoms with E-state index in [1.165, 1.54) is 49.0 Å². The van der Waals surface area contributed by atoms with Crippen molar-refractivity contribution < 1.29 is 0 Å². The van der Waals surface area contributed by atoms with Gasteiger partial charge in [0.25, 0.3) is 0 Å². The second-order valence-electron chi connectivity index (χ2n) is 11.3. The van der Waals surface area contributed by atoms with Gasteiger partial charge in [-0.15, -0.1) is 0 Å². The summed E-state index contributed by atoms with van der Waals surface area (Å²) in [7, 11) is 0. The van der Waals surface area contributed by atoms with E-state index in [0.717, 1.165) is 33.1 Å². The van der Waals surface area contributed by atoms with Crippen LogP contribution in [0.4, 0.5) is 0 Å². The molecule has 2 heteroatoms. The fourth-order valence-corrected chi connectivity index (χ4v) is 6.96. The third-order valence-electron chi connectivity index (χ3n) is 8.97. The molecule has 0 saturated carbocycles. The molecule has 0 spiro atoms. The van der Waals surface area contributed by atoms with E-state index in [1.807, 2.05) is 18.2 Å². The standard InChI is InChI=1S/C41H24N2/c42-25-26-9-21-38-36(23-26)37-24-32(18-22-39(37)43(38)33-7-2-1-3-8-33)27-10-12-28(13-11-27)34-19-16-31-15-14-29-5-4-6-30-17-20-35(34)41(31)40(29)30/h1-24H. The molecule has 0 N–H and O–H groups in total. The molecule has 9 rings (SSSR count). The van der Waals surface area contributed by atoms with Gasteiger partial charge < -0.3 is 4.57 Å². The van der Waals surface area contributed by atoms with Crippen LogP contribution >= 0.6 is 0 Å². The first-order valence-corrected chi connectivity index (χ1v) is 14.6. The Kier molecular flexibility index (Phi) is 5.00. The highest BCUT2D eigenvalue weighted by atomic mass is 15.0. The third kappa shape index (κ3) is 3.52. The Morgan fingerprint density at radius 1 is 0.442 bits per heavy atom. The first kappa shape index (κ1) is 23.8. The Labute approximate surface area is 248 Å². The summed E-state index contributed by atoms with van der Waals surface area (Å²) in [4.78, 5) is 0. The molecular weight excluding hydrogens is 520 g/mol. The molecular formula is C41H24N2. The maximum absolute atomic E-state index is 9.64. The molecule has 1 heterocycles. The quantitative estimate of drug-likeness (QED) is 0.203. The maximum atomic E-state index is 9.64. The Bertz CT molecular complexity index is 2530. The van der Waals surface area contributed by atoms with E-state index in [0.29, 0.717) is 5.56 Å². The van der Waals surface area contributed by atoms with Crippen LogP contribution in [0.2, 0.25) is 0 Å². The van der Waals surface area contributed by atoms with Gasteiger partial charge in [0.15, 0.2) is 0 Å². The van der Waals surface area contributed by atoms with Gasteiger partial charge in [0, 0.05) is 16.5 Å². The predicted molar refractivity (Wildman–Crippen MR) is 180 cm³/mol. The molecule has 198 valence electrons. The normalized spacial score (nSPS) is 11.7. The van der Waals surface area contributed by atoms with Crippen LogP contribution in [0.15, 0.2) is 146 Å². The lowest BCUT2D eigenvalue weighted by atomic mass is 9.89. The lowest BCUT2D eigenvalue weighted by molar-refractivity contribution is 1.18. The van der Waals surface area contributed by atoms with Crippen LogP contribution < -0.4 is 0 Å². The minimum atomic E-state index is 0.669. The highest BCUT2D eigenvalue weighted by molar-refractivity contribution is 6.25. The van der Waals surface area contributed by atoms with Crippen molar-refractivity contribution in [1.82, 2.24) is 4.57 Å². The fourth-order valence-electron chi connectivity index (χ4n) is 6.96. The summed E-state index contributed by atoms with van der Waals surface area (Å²) in [6.07, 6.45) is 0. The van der Waals surface area contributed by atoms with Crippen LogP contribution in [0.5, 0.6) is 0 Å². The summed E-state index contributed by atoms with van der Waals surface area (Å²) in [5.41, 5.74) is 8.79. The average molecular weight is 545 g/mol. The van der Waals surface area contributed by atoms with Crippen molar-refractivity contribution in [1.29, 1.82) is 5.26 Å². The molecule has 0 aliphatic rings. The van der Waals surface area contributed by atoms with Crippen molar-refractivity contribution in [3.8, 4) is 34.0 Å². The van der Waals surface area contributed by atoms with Crippen LogP contribution in [-0.2, 0) is 0 Å². The van der Waals surface area contributed by atoms with Crippen molar-refractivity contribution in [2.45, 2.75) is 0 Å². The molecule has 0 atom stereocenters. The van der Waals surface area contributed by atoms with Gasteiger partial charge in [-0.05, 0) is 97.0 Å². The van der Waals surface area contributed by atoms with Crippen molar-refractivity contribution in [3.05, 3.63) is 151 Å². The minimum Gasteiger partial charge on any atom is -0.309 e. The smallest absolute Gasteiger partial charge is 0.0991 e. The van der Waals surface area contributed by atoms with E-state index in [2.05, 4.69) is 138 Å². The Morgan fingerprint density at radius 3 is 1.84 bits per heavy atom.